The Balaban J connectivity index is 1.71. The van der Waals surface area contributed by atoms with Gasteiger partial charge in [0.15, 0.2) is 11.0 Å². The lowest BCUT2D eigenvalue weighted by Gasteiger charge is -2.24. The monoisotopic (exact) mass is 531 g/mol. The molecule has 0 unspecified atom stereocenters. The van der Waals surface area contributed by atoms with E-state index in [-0.39, 0.29) is 23.5 Å². The molecule has 0 radical (unpaired) electrons. The zero-order valence-corrected chi connectivity index (χ0v) is 19.7. The first-order valence-electron chi connectivity index (χ1n) is 10.5. The van der Waals surface area contributed by atoms with Gasteiger partial charge in [0, 0.05) is 25.2 Å². The molecule has 0 aliphatic heterocycles. The van der Waals surface area contributed by atoms with Crippen LogP contribution in [0.2, 0.25) is 0 Å². The third-order valence-electron chi connectivity index (χ3n) is 5.25. The van der Waals surface area contributed by atoms with Crippen LogP contribution in [0.5, 0.6) is 0 Å². The van der Waals surface area contributed by atoms with Gasteiger partial charge in [0.1, 0.15) is 0 Å². The first-order valence-corrected chi connectivity index (χ1v) is 11.3. The van der Waals surface area contributed by atoms with E-state index in [4.69, 9.17) is 0 Å². The molecular weight excluding hydrogens is 512 g/mol. The largest absolute Gasteiger partial charge is 0.439 e. The van der Waals surface area contributed by atoms with Crippen LogP contribution in [-0.2, 0) is 18.9 Å². The number of aromatic nitrogens is 3. The summed E-state index contributed by atoms with van der Waals surface area (Å²) >= 11 is 1.03. The maximum Gasteiger partial charge on any atom is 0.439 e. The standard InChI is InChI=1S/C22H19F6N5O2S/c1-32(2)7-8-33(19-29-16-6-4-13(21(23,24)25)10-17(16)36-19)11-12-3-5-14(15(9-12)22(26,27)28)18-30-20(34)35-31-18/h3-6,9-10H,7-8,11H2,1-2H3,(H,30,31,34). The van der Waals surface area contributed by atoms with E-state index >= 15 is 0 Å². The van der Waals surface area contributed by atoms with E-state index in [1.54, 1.807) is 4.90 Å². The van der Waals surface area contributed by atoms with Crippen molar-refractivity contribution in [1.82, 2.24) is 20.0 Å². The van der Waals surface area contributed by atoms with Crippen molar-refractivity contribution in [2.75, 3.05) is 32.1 Å². The molecule has 0 saturated heterocycles. The molecule has 2 heterocycles. The molecule has 7 nitrogen and oxygen atoms in total. The quantitative estimate of drug-likeness (QED) is 0.329. The van der Waals surface area contributed by atoms with Gasteiger partial charge < -0.3 is 9.80 Å². The summed E-state index contributed by atoms with van der Waals surface area (Å²) in [6.45, 7) is 0.894. The van der Waals surface area contributed by atoms with Crippen molar-refractivity contribution in [3.8, 4) is 11.4 Å². The number of halogens is 6. The number of aromatic amines is 1. The zero-order valence-electron chi connectivity index (χ0n) is 18.9. The number of nitrogens with zero attached hydrogens (tertiary/aromatic N) is 4. The van der Waals surface area contributed by atoms with Gasteiger partial charge in [0.05, 0.1) is 21.3 Å². The third-order valence-corrected chi connectivity index (χ3v) is 6.33. The minimum Gasteiger partial charge on any atom is -0.342 e. The summed E-state index contributed by atoms with van der Waals surface area (Å²) in [6.07, 6.45) is -9.26. The fourth-order valence-corrected chi connectivity index (χ4v) is 4.51. The second-order valence-electron chi connectivity index (χ2n) is 8.22. The molecule has 0 saturated carbocycles. The molecule has 4 rings (SSSR count). The number of anilines is 1. The predicted molar refractivity (Wildman–Crippen MR) is 122 cm³/mol. The van der Waals surface area contributed by atoms with E-state index < -0.39 is 29.2 Å². The van der Waals surface area contributed by atoms with Gasteiger partial charge in [-0.1, -0.05) is 28.6 Å². The summed E-state index contributed by atoms with van der Waals surface area (Å²) in [5.41, 5.74) is -1.53. The van der Waals surface area contributed by atoms with E-state index in [1.165, 1.54) is 18.2 Å². The molecule has 0 spiro atoms. The van der Waals surface area contributed by atoms with Crippen LogP contribution in [0.25, 0.3) is 21.6 Å². The van der Waals surface area contributed by atoms with Crippen molar-refractivity contribution in [1.29, 1.82) is 0 Å². The van der Waals surface area contributed by atoms with E-state index in [2.05, 4.69) is 19.6 Å². The number of H-pyrrole nitrogens is 1. The Kier molecular flexibility index (Phi) is 6.84. The number of alkyl halides is 6. The lowest BCUT2D eigenvalue weighted by molar-refractivity contribution is -0.138. The van der Waals surface area contributed by atoms with Crippen LogP contribution in [0.1, 0.15) is 16.7 Å². The Bertz CT molecular complexity index is 1420. The third kappa shape index (κ3) is 5.70. The summed E-state index contributed by atoms with van der Waals surface area (Å²) in [7, 11) is 3.64. The maximum absolute atomic E-state index is 13.8. The number of nitrogens with one attached hydrogen (secondary N) is 1. The number of hydrogen-bond donors (Lipinski definition) is 1. The molecule has 2 aromatic heterocycles. The lowest BCUT2D eigenvalue weighted by Crippen LogP contribution is -2.31. The summed E-state index contributed by atoms with van der Waals surface area (Å²) in [6, 6.07) is 6.81. The van der Waals surface area contributed by atoms with E-state index in [1.807, 2.05) is 19.0 Å². The van der Waals surface area contributed by atoms with Crippen LogP contribution in [0.3, 0.4) is 0 Å². The molecule has 36 heavy (non-hydrogen) atoms. The predicted octanol–water partition coefficient (Wildman–Crippen LogP) is 5.25. The van der Waals surface area contributed by atoms with Crippen molar-refractivity contribution in [3.63, 3.8) is 0 Å². The van der Waals surface area contributed by atoms with Gasteiger partial charge in [0.25, 0.3) is 0 Å². The molecule has 0 amide bonds. The molecular formula is C22H19F6N5O2S. The Hall–Kier alpha value is -3.39. The van der Waals surface area contributed by atoms with Gasteiger partial charge in [-0.05, 0) is 43.9 Å². The maximum atomic E-state index is 13.8. The fraction of sp³-hybridized carbons (Fsp3) is 0.318. The highest BCUT2D eigenvalue weighted by atomic mass is 32.1. The number of thiazole rings is 1. The summed E-state index contributed by atoms with van der Waals surface area (Å²) in [5.74, 6) is -1.34. The highest BCUT2D eigenvalue weighted by Crippen LogP contribution is 2.38. The highest BCUT2D eigenvalue weighted by Gasteiger charge is 2.35. The van der Waals surface area contributed by atoms with Crippen LogP contribution in [0.4, 0.5) is 31.5 Å². The Morgan fingerprint density at radius 1 is 1.00 bits per heavy atom. The molecule has 192 valence electrons. The minimum atomic E-state index is -4.75. The number of benzene rings is 2. The molecule has 0 fully saturated rings. The number of likely N-dealkylation sites (N-methyl/N-ethyl adjacent to an activating group) is 1. The summed E-state index contributed by atoms with van der Waals surface area (Å²) in [5, 5.41) is 3.73. The van der Waals surface area contributed by atoms with Crippen molar-refractivity contribution >= 4 is 26.7 Å². The van der Waals surface area contributed by atoms with Gasteiger partial charge in [-0.15, -0.1) is 0 Å². The van der Waals surface area contributed by atoms with Crippen LogP contribution >= 0.6 is 11.3 Å². The number of fused-ring (bicyclic) bond motifs is 1. The molecule has 14 heteroatoms. The molecule has 0 aliphatic rings. The average Bonchev–Trinajstić information content (AvgIpc) is 3.40. The van der Waals surface area contributed by atoms with E-state index in [0.717, 1.165) is 29.5 Å². The number of hydrogen-bond acceptors (Lipinski definition) is 7. The Morgan fingerprint density at radius 2 is 1.75 bits per heavy atom. The Morgan fingerprint density at radius 3 is 2.36 bits per heavy atom. The van der Waals surface area contributed by atoms with Gasteiger partial charge in [0.2, 0.25) is 0 Å². The molecule has 4 aromatic rings. The average molecular weight is 531 g/mol. The minimum absolute atomic E-state index is 0.0124. The topological polar surface area (TPSA) is 78.3 Å². The van der Waals surface area contributed by atoms with E-state index in [0.29, 0.717) is 28.4 Å². The highest BCUT2D eigenvalue weighted by molar-refractivity contribution is 7.22. The second kappa shape index (κ2) is 9.58. The molecule has 1 N–H and O–H groups in total. The zero-order chi connectivity index (χ0) is 26.3. The van der Waals surface area contributed by atoms with Gasteiger partial charge in [-0.3, -0.25) is 9.51 Å². The van der Waals surface area contributed by atoms with Crippen LogP contribution < -0.4 is 10.7 Å². The van der Waals surface area contributed by atoms with Crippen molar-refractivity contribution < 1.29 is 30.9 Å². The van der Waals surface area contributed by atoms with Gasteiger partial charge >= 0.3 is 18.1 Å². The van der Waals surface area contributed by atoms with Gasteiger partial charge in [-0.2, -0.15) is 26.3 Å². The van der Waals surface area contributed by atoms with Crippen molar-refractivity contribution in [3.05, 3.63) is 63.6 Å². The van der Waals surface area contributed by atoms with Gasteiger partial charge in [-0.25, -0.2) is 9.78 Å². The molecule has 0 aliphatic carbocycles. The van der Waals surface area contributed by atoms with Crippen LogP contribution in [-0.4, -0.2) is 47.2 Å². The first-order chi connectivity index (χ1) is 16.8. The SMILES string of the molecule is CN(C)CCN(Cc1ccc(-c2noc(=O)[nH]2)c(C(F)(F)F)c1)c1nc2ccc(C(F)(F)F)cc2s1. The van der Waals surface area contributed by atoms with Crippen molar-refractivity contribution in [2.24, 2.45) is 0 Å². The molecule has 0 bridgehead atoms. The fourth-order valence-electron chi connectivity index (χ4n) is 3.48. The molecule has 0 atom stereocenters. The summed E-state index contributed by atoms with van der Waals surface area (Å²) < 4.78 is 85.5. The summed E-state index contributed by atoms with van der Waals surface area (Å²) in [4.78, 5) is 21.3. The van der Waals surface area contributed by atoms with Crippen molar-refractivity contribution in [2.45, 2.75) is 18.9 Å². The molecule has 2 aromatic carbocycles. The van der Waals surface area contributed by atoms with Crippen LogP contribution in [0.15, 0.2) is 45.7 Å². The number of rotatable bonds is 7. The normalized spacial score (nSPS) is 12.6. The van der Waals surface area contributed by atoms with Crippen LogP contribution in [0, 0.1) is 0 Å². The lowest BCUT2D eigenvalue weighted by atomic mass is 10.0. The Labute approximate surface area is 204 Å². The van der Waals surface area contributed by atoms with E-state index in [9.17, 15) is 31.1 Å². The second-order valence-corrected chi connectivity index (χ2v) is 9.23. The first kappa shape index (κ1) is 25.7. The smallest absolute Gasteiger partial charge is 0.342 e.